The molecule has 14 heavy (non-hydrogen) atoms. The van der Waals surface area contributed by atoms with Gasteiger partial charge in [0.2, 0.25) is 0 Å². The van der Waals surface area contributed by atoms with Gasteiger partial charge in [0, 0.05) is 0 Å². The van der Waals surface area contributed by atoms with Gasteiger partial charge in [-0.25, -0.2) is 0 Å². The second-order valence-corrected chi connectivity index (χ2v) is 4.91. The molecule has 1 aliphatic carbocycles. The Kier molecular flexibility index (Phi) is 4.44. The summed E-state index contributed by atoms with van der Waals surface area (Å²) in [4.78, 5) is 0. The van der Waals surface area contributed by atoms with Crippen LogP contribution in [0.4, 0.5) is 0 Å². The third kappa shape index (κ3) is 3.32. The second kappa shape index (κ2) is 5.38. The van der Waals surface area contributed by atoms with Crippen LogP contribution in [0.25, 0.3) is 0 Å². The molecule has 0 N–H and O–H groups in total. The van der Waals surface area contributed by atoms with Gasteiger partial charge in [-0.1, -0.05) is 24.6 Å². The first-order valence-corrected chi connectivity index (χ1v) is 5.95. The highest BCUT2D eigenvalue weighted by molar-refractivity contribution is 5.03. The third-order valence-electron chi connectivity index (χ3n) is 3.50. The van der Waals surface area contributed by atoms with E-state index in [2.05, 4.69) is 27.0 Å². The van der Waals surface area contributed by atoms with Crippen LogP contribution in [0.3, 0.4) is 0 Å². The Morgan fingerprint density at radius 3 is 2.64 bits per heavy atom. The van der Waals surface area contributed by atoms with Gasteiger partial charge in [-0.05, 0) is 57.3 Å². The van der Waals surface area contributed by atoms with Crippen LogP contribution < -0.4 is 0 Å². The van der Waals surface area contributed by atoms with E-state index in [9.17, 15) is 0 Å². The van der Waals surface area contributed by atoms with E-state index in [-0.39, 0.29) is 0 Å². The molecule has 0 saturated heterocycles. The molecule has 0 aromatic rings. The van der Waals surface area contributed by atoms with Gasteiger partial charge in [-0.15, -0.1) is 6.58 Å². The Morgan fingerprint density at radius 2 is 2.07 bits per heavy atom. The topological polar surface area (TPSA) is 0 Å². The molecule has 0 heterocycles. The van der Waals surface area contributed by atoms with E-state index in [1.54, 1.807) is 0 Å². The summed E-state index contributed by atoms with van der Waals surface area (Å²) in [5.41, 5.74) is 2.84. The Morgan fingerprint density at radius 1 is 1.36 bits per heavy atom. The first-order chi connectivity index (χ1) is 6.63. The Labute approximate surface area is 89.1 Å². The molecular weight excluding hydrogens is 168 g/mol. The van der Waals surface area contributed by atoms with Gasteiger partial charge in [0.05, 0.1) is 0 Å². The molecule has 0 aromatic heterocycles. The molecule has 0 spiro atoms. The van der Waals surface area contributed by atoms with E-state index < -0.39 is 0 Å². The highest BCUT2D eigenvalue weighted by Gasteiger charge is 2.19. The average molecular weight is 192 g/mol. The van der Waals surface area contributed by atoms with Crippen molar-refractivity contribution in [2.75, 3.05) is 0 Å². The molecule has 0 amide bonds. The van der Waals surface area contributed by atoms with E-state index in [1.165, 1.54) is 49.7 Å². The van der Waals surface area contributed by atoms with Crippen molar-refractivity contribution < 1.29 is 0 Å². The fraction of sp³-hybridized carbons (Fsp3) is 0.714. The zero-order chi connectivity index (χ0) is 10.6. The zero-order valence-corrected chi connectivity index (χ0v) is 9.81. The summed E-state index contributed by atoms with van der Waals surface area (Å²) in [5.74, 6) is 1.67. The van der Waals surface area contributed by atoms with Gasteiger partial charge in [0.15, 0.2) is 0 Å². The smallest absolute Gasteiger partial charge is 0.0208 e. The van der Waals surface area contributed by atoms with Crippen molar-refractivity contribution in [2.24, 2.45) is 11.8 Å². The summed E-state index contributed by atoms with van der Waals surface area (Å²) in [7, 11) is 0. The van der Waals surface area contributed by atoms with Crippen molar-refractivity contribution in [2.45, 2.75) is 52.4 Å². The van der Waals surface area contributed by atoms with Gasteiger partial charge < -0.3 is 0 Å². The Bertz CT molecular complexity index is 212. The summed E-state index contributed by atoms with van der Waals surface area (Å²) in [6.07, 6.45) is 7.82. The van der Waals surface area contributed by atoms with Crippen molar-refractivity contribution in [3.63, 3.8) is 0 Å². The van der Waals surface area contributed by atoms with Gasteiger partial charge in [0.1, 0.15) is 0 Å². The van der Waals surface area contributed by atoms with E-state index in [0.29, 0.717) is 0 Å². The largest absolute Gasteiger partial charge is 0.100 e. The number of hydrogen-bond donors (Lipinski definition) is 0. The van der Waals surface area contributed by atoms with Crippen molar-refractivity contribution in [1.29, 1.82) is 0 Å². The lowest BCUT2D eigenvalue weighted by Gasteiger charge is -2.14. The minimum atomic E-state index is 0.796. The van der Waals surface area contributed by atoms with E-state index in [0.717, 1.165) is 11.8 Å². The van der Waals surface area contributed by atoms with Crippen molar-refractivity contribution in [1.82, 2.24) is 0 Å². The molecule has 0 heteroatoms. The van der Waals surface area contributed by atoms with Crippen LogP contribution in [0.5, 0.6) is 0 Å². The molecular formula is C14H24. The summed E-state index contributed by atoms with van der Waals surface area (Å²) < 4.78 is 0. The van der Waals surface area contributed by atoms with Crippen LogP contribution in [-0.4, -0.2) is 0 Å². The SMILES string of the molecule is C=C(C)CC1CCC(=C)C(CC)CC1. The van der Waals surface area contributed by atoms with Crippen LogP contribution in [0.15, 0.2) is 24.3 Å². The summed E-state index contributed by atoms with van der Waals surface area (Å²) in [6, 6.07) is 0. The lowest BCUT2D eigenvalue weighted by molar-refractivity contribution is 0.434. The molecule has 1 fully saturated rings. The van der Waals surface area contributed by atoms with Gasteiger partial charge in [0.25, 0.3) is 0 Å². The van der Waals surface area contributed by atoms with E-state index >= 15 is 0 Å². The quantitative estimate of drug-likeness (QED) is 0.448. The van der Waals surface area contributed by atoms with Gasteiger partial charge in [-0.2, -0.15) is 0 Å². The Balaban J connectivity index is 2.47. The fourth-order valence-electron chi connectivity index (χ4n) is 2.57. The zero-order valence-electron chi connectivity index (χ0n) is 9.81. The number of hydrogen-bond acceptors (Lipinski definition) is 0. The average Bonchev–Trinajstić information content (AvgIpc) is 2.28. The molecule has 0 aromatic carbocycles. The third-order valence-corrected chi connectivity index (χ3v) is 3.50. The standard InChI is InChI=1S/C14H24/c1-5-14-9-8-13(10-11(2)3)7-6-12(14)4/h13-14H,2,4-10H2,1,3H3. The number of rotatable bonds is 3. The maximum atomic E-state index is 4.22. The van der Waals surface area contributed by atoms with E-state index in [1.807, 2.05) is 0 Å². The normalized spacial score (nSPS) is 28.6. The highest BCUT2D eigenvalue weighted by atomic mass is 14.2. The molecule has 0 nitrogen and oxygen atoms in total. The van der Waals surface area contributed by atoms with Crippen molar-refractivity contribution in [3.05, 3.63) is 24.3 Å². The van der Waals surface area contributed by atoms with Crippen LogP contribution in [0, 0.1) is 11.8 Å². The molecule has 2 atom stereocenters. The van der Waals surface area contributed by atoms with Crippen molar-refractivity contribution in [3.8, 4) is 0 Å². The molecule has 0 aliphatic heterocycles. The summed E-state index contributed by atoms with van der Waals surface area (Å²) in [6.45, 7) is 12.7. The molecule has 0 bridgehead atoms. The van der Waals surface area contributed by atoms with Gasteiger partial charge in [-0.3, -0.25) is 0 Å². The predicted octanol–water partition coefficient (Wildman–Crippen LogP) is 4.73. The Hall–Kier alpha value is -0.520. The molecule has 2 unspecified atom stereocenters. The maximum Gasteiger partial charge on any atom is -0.0208 e. The first kappa shape index (κ1) is 11.6. The second-order valence-electron chi connectivity index (χ2n) is 4.91. The summed E-state index contributed by atoms with van der Waals surface area (Å²) >= 11 is 0. The van der Waals surface area contributed by atoms with Crippen LogP contribution in [0.2, 0.25) is 0 Å². The fourth-order valence-corrected chi connectivity index (χ4v) is 2.57. The van der Waals surface area contributed by atoms with E-state index in [4.69, 9.17) is 0 Å². The minimum absolute atomic E-state index is 0.796. The lowest BCUT2D eigenvalue weighted by atomic mass is 9.92. The molecule has 1 saturated carbocycles. The first-order valence-electron chi connectivity index (χ1n) is 5.95. The predicted molar refractivity (Wildman–Crippen MR) is 64.3 cm³/mol. The van der Waals surface area contributed by atoms with Crippen LogP contribution >= 0.6 is 0 Å². The lowest BCUT2D eigenvalue weighted by Crippen LogP contribution is -2.00. The molecule has 1 rings (SSSR count). The number of allylic oxidation sites excluding steroid dienone is 2. The monoisotopic (exact) mass is 192 g/mol. The van der Waals surface area contributed by atoms with Crippen molar-refractivity contribution >= 4 is 0 Å². The molecule has 80 valence electrons. The van der Waals surface area contributed by atoms with Crippen LogP contribution in [0.1, 0.15) is 52.4 Å². The summed E-state index contributed by atoms with van der Waals surface area (Å²) in [5, 5.41) is 0. The molecule has 0 radical (unpaired) electrons. The van der Waals surface area contributed by atoms with Crippen LogP contribution in [-0.2, 0) is 0 Å². The molecule has 1 aliphatic rings. The maximum absolute atomic E-state index is 4.22. The van der Waals surface area contributed by atoms with Gasteiger partial charge >= 0.3 is 0 Å². The minimum Gasteiger partial charge on any atom is -0.100 e. The highest BCUT2D eigenvalue weighted by Crippen LogP contribution is 2.34.